The van der Waals surface area contributed by atoms with E-state index in [0.29, 0.717) is 6.04 Å². The predicted octanol–water partition coefficient (Wildman–Crippen LogP) is 2.88. The first-order valence-electron chi connectivity index (χ1n) is 5.91. The molecule has 0 aliphatic carbocycles. The highest BCUT2D eigenvalue weighted by Gasteiger charge is 2.12. The molecule has 0 saturated heterocycles. The topological polar surface area (TPSA) is 38.1 Å². The van der Waals surface area contributed by atoms with Crippen molar-refractivity contribution >= 4 is 0 Å². The third-order valence-electron chi connectivity index (χ3n) is 3.06. The van der Waals surface area contributed by atoms with Gasteiger partial charge >= 0.3 is 0 Å². The SMILES string of the molecule is CNC(CCc1ccco1)c1cnccc1C. The average molecular weight is 230 g/mol. The normalized spacial score (nSPS) is 12.6. The van der Waals surface area contributed by atoms with Crippen molar-refractivity contribution in [3.63, 3.8) is 0 Å². The Kier molecular flexibility index (Phi) is 3.94. The zero-order valence-corrected chi connectivity index (χ0v) is 10.3. The van der Waals surface area contributed by atoms with Crippen LogP contribution in [0.2, 0.25) is 0 Å². The molecule has 0 spiro atoms. The Morgan fingerprint density at radius 3 is 2.94 bits per heavy atom. The Balaban J connectivity index is 2.04. The summed E-state index contributed by atoms with van der Waals surface area (Å²) < 4.78 is 5.35. The van der Waals surface area contributed by atoms with E-state index in [0.717, 1.165) is 18.6 Å². The number of aryl methyl sites for hydroxylation is 2. The molecule has 0 radical (unpaired) electrons. The number of aromatic nitrogens is 1. The van der Waals surface area contributed by atoms with Gasteiger partial charge in [-0.2, -0.15) is 0 Å². The fraction of sp³-hybridized carbons (Fsp3) is 0.357. The van der Waals surface area contributed by atoms with E-state index in [1.54, 1.807) is 6.26 Å². The molecular weight excluding hydrogens is 212 g/mol. The van der Waals surface area contributed by atoms with Crippen LogP contribution in [-0.2, 0) is 6.42 Å². The molecule has 17 heavy (non-hydrogen) atoms. The lowest BCUT2D eigenvalue weighted by atomic mass is 9.99. The Labute approximate surface area is 102 Å². The first kappa shape index (κ1) is 11.9. The number of pyridine rings is 1. The van der Waals surface area contributed by atoms with E-state index in [2.05, 4.69) is 17.2 Å². The smallest absolute Gasteiger partial charge is 0.103 e. The number of hydrogen-bond acceptors (Lipinski definition) is 3. The lowest BCUT2D eigenvalue weighted by Gasteiger charge is -2.17. The Bertz CT molecular complexity index is 451. The second kappa shape index (κ2) is 5.64. The summed E-state index contributed by atoms with van der Waals surface area (Å²) in [6, 6.07) is 6.32. The summed E-state index contributed by atoms with van der Waals surface area (Å²) in [5.41, 5.74) is 2.54. The fourth-order valence-corrected chi connectivity index (χ4v) is 2.04. The lowest BCUT2D eigenvalue weighted by Crippen LogP contribution is -2.18. The highest BCUT2D eigenvalue weighted by atomic mass is 16.3. The van der Waals surface area contributed by atoms with Crippen molar-refractivity contribution in [1.82, 2.24) is 10.3 Å². The van der Waals surface area contributed by atoms with E-state index in [1.807, 2.05) is 37.6 Å². The lowest BCUT2D eigenvalue weighted by molar-refractivity contribution is 0.468. The van der Waals surface area contributed by atoms with Crippen molar-refractivity contribution in [2.75, 3.05) is 7.05 Å². The van der Waals surface area contributed by atoms with Crippen LogP contribution in [0.3, 0.4) is 0 Å². The van der Waals surface area contributed by atoms with Crippen molar-refractivity contribution in [1.29, 1.82) is 0 Å². The molecule has 0 saturated carbocycles. The van der Waals surface area contributed by atoms with Gasteiger partial charge in [-0.1, -0.05) is 0 Å². The van der Waals surface area contributed by atoms with Gasteiger partial charge in [0, 0.05) is 24.9 Å². The van der Waals surface area contributed by atoms with Gasteiger partial charge in [0.15, 0.2) is 0 Å². The van der Waals surface area contributed by atoms with Gasteiger partial charge < -0.3 is 9.73 Å². The molecule has 2 heterocycles. The average Bonchev–Trinajstić information content (AvgIpc) is 2.85. The minimum absolute atomic E-state index is 0.328. The molecule has 90 valence electrons. The molecule has 0 aliphatic rings. The van der Waals surface area contributed by atoms with Crippen LogP contribution in [0.15, 0.2) is 41.3 Å². The predicted molar refractivity (Wildman–Crippen MR) is 67.8 cm³/mol. The molecule has 0 bridgehead atoms. The van der Waals surface area contributed by atoms with E-state index >= 15 is 0 Å². The number of nitrogens with one attached hydrogen (secondary N) is 1. The second-order valence-electron chi connectivity index (χ2n) is 4.19. The summed E-state index contributed by atoms with van der Waals surface area (Å²) in [7, 11) is 1.99. The molecule has 2 aromatic heterocycles. The van der Waals surface area contributed by atoms with Crippen LogP contribution in [0, 0.1) is 6.92 Å². The van der Waals surface area contributed by atoms with Crippen molar-refractivity contribution in [2.24, 2.45) is 0 Å². The van der Waals surface area contributed by atoms with Crippen LogP contribution in [0.1, 0.15) is 29.3 Å². The highest BCUT2D eigenvalue weighted by Crippen LogP contribution is 2.21. The van der Waals surface area contributed by atoms with Gasteiger partial charge in [-0.3, -0.25) is 4.98 Å². The quantitative estimate of drug-likeness (QED) is 0.858. The second-order valence-corrected chi connectivity index (χ2v) is 4.19. The largest absolute Gasteiger partial charge is 0.469 e. The molecule has 0 aliphatic heterocycles. The summed E-state index contributed by atoms with van der Waals surface area (Å²) >= 11 is 0. The Morgan fingerprint density at radius 2 is 2.29 bits per heavy atom. The molecule has 1 atom stereocenters. The Hall–Kier alpha value is -1.61. The minimum Gasteiger partial charge on any atom is -0.469 e. The number of nitrogens with zero attached hydrogens (tertiary/aromatic N) is 1. The van der Waals surface area contributed by atoms with Crippen LogP contribution in [-0.4, -0.2) is 12.0 Å². The van der Waals surface area contributed by atoms with Gasteiger partial charge in [-0.25, -0.2) is 0 Å². The molecule has 0 aromatic carbocycles. The standard InChI is InChI=1S/C14H18N2O/c1-11-7-8-16-10-13(11)14(15-2)6-5-12-4-3-9-17-12/h3-4,7-10,14-15H,5-6H2,1-2H3. The summed E-state index contributed by atoms with van der Waals surface area (Å²) in [5, 5.41) is 3.34. The number of furan rings is 1. The van der Waals surface area contributed by atoms with Gasteiger partial charge in [-0.15, -0.1) is 0 Å². The third-order valence-corrected chi connectivity index (χ3v) is 3.06. The van der Waals surface area contributed by atoms with Gasteiger partial charge in [0.2, 0.25) is 0 Å². The minimum atomic E-state index is 0.328. The molecule has 3 heteroatoms. The highest BCUT2D eigenvalue weighted by molar-refractivity contribution is 5.25. The van der Waals surface area contributed by atoms with Crippen LogP contribution in [0.5, 0.6) is 0 Å². The van der Waals surface area contributed by atoms with Crippen LogP contribution >= 0.6 is 0 Å². The van der Waals surface area contributed by atoms with Gasteiger partial charge in [0.1, 0.15) is 5.76 Å². The van der Waals surface area contributed by atoms with Gasteiger partial charge in [0.05, 0.1) is 6.26 Å². The maximum Gasteiger partial charge on any atom is 0.103 e. The van der Waals surface area contributed by atoms with E-state index in [1.165, 1.54) is 11.1 Å². The van der Waals surface area contributed by atoms with Crippen molar-refractivity contribution in [3.8, 4) is 0 Å². The molecule has 2 aromatic rings. The fourth-order valence-electron chi connectivity index (χ4n) is 2.04. The van der Waals surface area contributed by atoms with Crippen molar-refractivity contribution in [3.05, 3.63) is 53.7 Å². The van der Waals surface area contributed by atoms with Crippen LogP contribution < -0.4 is 5.32 Å². The Morgan fingerprint density at radius 1 is 1.41 bits per heavy atom. The van der Waals surface area contributed by atoms with Crippen molar-refractivity contribution < 1.29 is 4.42 Å². The van der Waals surface area contributed by atoms with Gasteiger partial charge in [0.25, 0.3) is 0 Å². The molecule has 0 fully saturated rings. The van der Waals surface area contributed by atoms with E-state index < -0.39 is 0 Å². The summed E-state index contributed by atoms with van der Waals surface area (Å²) in [6.07, 6.45) is 7.44. The number of hydrogen-bond donors (Lipinski definition) is 1. The van der Waals surface area contributed by atoms with E-state index in [-0.39, 0.29) is 0 Å². The first-order valence-corrected chi connectivity index (χ1v) is 5.91. The maximum atomic E-state index is 5.35. The summed E-state index contributed by atoms with van der Waals surface area (Å²) in [4.78, 5) is 4.20. The molecule has 0 amide bonds. The summed E-state index contributed by atoms with van der Waals surface area (Å²) in [6.45, 7) is 2.12. The zero-order chi connectivity index (χ0) is 12.1. The zero-order valence-electron chi connectivity index (χ0n) is 10.3. The number of rotatable bonds is 5. The monoisotopic (exact) mass is 230 g/mol. The van der Waals surface area contributed by atoms with E-state index in [4.69, 9.17) is 4.42 Å². The van der Waals surface area contributed by atoms with Crippen LogP contribution in [0.4, 0.5) is 0 Å². The molecular formula is C14H18N2O. The van der Waals surface area contributed by atoms with Crippen molar-refractivity contribution in [2.45, 2.75) is 25.8 Å². The van der Waals surface area contributed by atoms with E-state index in [9.17, 15) is 0 Å². The van der Waals surface area contributed by atoms with Gasteiger partial charge in [-0.05, 0) is 49.7 Å². The maximum absolute atomic E-state index is 5.35. The first-order chi connectivity index (χ1) is 8.31. The summed E-state index contributed by atoms with van der Waals surface area (Å²) in [5.74, 6) is 1.03. The molecule has 3 nitrogen and oxygen atoms in total. The van der Waals surface area contributed by atoms with Crippen LogP contribution in [0.25, 0.3) is 0 Å². The molecule has 1 unspecified atom stereocenters. The third kappa shape index (κ3) is 2.94. The molecule has 1 N–H and O–H groups in total. The molecule has 2 rings (SSSR count).